The Labute approximate surface area is 250 Å². The maximum Gasteiger partial charge on any atom is 0.343 e. The summed E-state index contributed by atoms with van der Waals surface area (Å²) in [6.07, 6.45) is 11.8. The molecule has 0 bridgehead atoms. The largest absolute Gasteiger partial charge is 0.494 e. The number of ether oxygens (including phenoxy) is 3. The number of carbonyl (C=O) groups excluding carboxylic acids is 1. The van der Waals surface area contributed by atoms with Crippen LogP contribution in [0.5, 0.6) is 17.2 Å². The van der Waals surface area contributed by atoms with Gasteiger partial charge >= 0.3 is 5.97 Å². The van der Waals surface area contributed by atoms with Crippen molar-refractivity contribution in [2.75, 3.05) is 13.2 Å². The molecule has 40 heavy (non-hydrogen) atoms. The zero-order valence-electron chi connectivity index (χ0n) is 25.7. The summed E-state index contributed by atoms with van der Waals surface area (Å²) in [5.74, 6) is 1.29. The van der Waals surface area contributed by atoms with Gasteiger partial charge in [-0.25, -0.2) is 4.79 Å². The first kappa shape index (κ1) is 34.4. The lowest BCUT2D eigenvalue weighted by atomic mass is 10.1. The van der Waals surface area contributed by atoms with Gasteiger partial charge in [-0.3, -0.25) is 0 Å². The SMILES string of the molecule is CCCCCCCCOc1ccc(OC(=O)c2ccc(OCCCCCC[Si](C)(C)O[Si](C)(C)C)cc2)c(Cl)c1. The Morgan fingerprint density at radius 2 is 1.27 bits per heavy atom. The number of hydrogen-bond donors (Lipinski definition) is 0. The van der Waals surface area contributed by atoms with Gasteiger partial charge in [-0.1, -0.05) is 69.9 Å². The minimum Gasteiger partial charge on any atom is -0.494 e. The van der Waals surface area contributed by atoms with Gasteiger partial charge in [0.1, 0.15) is 17.2 Å². The highest BCUT2D eigenvalue weighted by molar-refractivity contribution is 6.84. The average molecular weight is 607 g/mol. The van der Waals surface area contributed by atoms with Crippen LogP contribution in [0.15, 0.2) is 42.5 Å². The van der Waals surface area contributed by atoms with Gasteiger partial charge < -0.3 is 18.3 Å². The summed E-state index contributed by atoms with van der Waals surface area (Å²) in [4.78, 5) is 12.6. The third-order valence-corrected chi connectivity index (χ3v) is 13.0. The standard InChI is InChI=1S/C32H51ClO5Si2/c1-7-8-9-10-11-14-24-36-29-21-22-31(30(33)26-29)37-32(34)27-17-19-28(20-18-27)35-23-15-12-13-16-25-40(5,6)38-39(2,3)4/h17-22,26H,7-16,23-25H2,1-6H3. The Morgan fingerprint density at radius 3 is 1.88 bits per heavy atom. The molecule has 224 valence electrons. The van der Waals surface area contributed by atoms with Crippen molar-refractivity contribution in [2.24, 2.45) is 0 Å². The maximum absolute atomic E-state index is 12.6. The molecule has 0 aromatic heterocycles. The second-order valence-corrected chi connectivity index (χ2v) is 21.6. The van der Waals surface area contributed by atoms with Crippen LogP contribution < -0.4 is 14.2 Å². The number of esters is 1. The summed E-state index contributed by atoms with van der Waals surface area (Å²) < 4.78 is 23.6. The van der Waals surface area contributed by atoms with E-state index in [1.165, 1.54) is 51.0 Å². The Balaban J connectivity index is 1.66. The van der Waals surface area contributed by atoms with Crippen molar-refractivity contribution in [3.63, 3.8) is 0 Å². The van der Waals surface area contributed by atoms with Crippen LogP contribution in [0.25, 0.3) is 0 Å². The van der Waals surface area contributed by atoms with E-state index in [1.807, 2.05) is 0 Å². The van der Waals surface area contributed by atoms with Crippen LogP contribution in [0.3, 0.4) is 0 Å². The maximum atomic E-state index is 12.6. The Hall–Kier alpha value is -1.81. The highest BCUT2D eigenvalue weighted by atomic mass is 35.5. The van der Waals surface area contributed by atoms with Crippen LogP contribution in [-0.4, -0.2) is 35.8 Å². The van der Waals surface area contributed by atoms with Crippen molar-refractivity contribution in [2.45, 2.75) is 110 Å². The van der Waals surface area contributed by atoms with Gasteiger partial charge in [-0.05, 0) is 88.0 Å². The minimum absolute atomic E-state index is 0.317. The minimum atomic E-state index is -1.54. The molecule has 0 heterocycles. The normalized spacial score (nSPS) is 11.9. The van der Waals surface area contributed by atoms with Crippen LogP contribution in [0.2, 0.25) is 43.8 Å². The van der Waals surface area contributed by atoms with E-state index in [2.05, 4.69) is 39.7 Å². The van der Waals surface area contributed by atoms with Crippen molar-refractivity contribution in [3.05, 3.63) is 53.1 Å². The number of rotatable bonds is 20. The molecule has 0 amide bonds. The molecule has 0 fully saturated rings. The van der Waals surface area contributed by atoms with Crippen molar-refractivity contribution in [1.82, 2.24) is 0 Å². The summed E-state index contributed by atoms with van der Waals surface area (Å²) in [6, 6.07) is 13.4. The first-order valence-electron chi connectivity index (χ1n) is 15.1. The van der Waals surface area contributed by atoms with Crippen molar-refractivity contribution in [3.8, 4) is 17.2 Å². The smallest absolute Gasteiger partial charge is 0.343 e. The second-order valence-electron chi connectivity index (χ2n) is 12.1. The fraction of sp³-hybridized carbons (Fsp3) is 0.594. The predicted octanol–water partition coefficient (Wildman–Crippen LogP) is 10.3. The number of unbranched alkanes of at least 4 members (excludes halogenated alkanes) is 8. The van der Waals surface area contributed by atoms with E-state index in [0.717, 1.165) is 25.0 Å². The summed E-state index contributed by atoms with van der Waals surface area (Å²) in [7, 11) is -2.99. The summed E-state index contributed by atoms with van der Waals surface area (Å²) in [5, 5.41) is 0.350. The lowest BCUT2D eigenvalue weighted by Gasteiger charge is -2.31. The molecule has 0 aliphatic carbocycles. The Bertz CT molecular complexity index is 1010. The fourth-order valence-electron chi connectivity index (χ4n) is 4.65. The van der Waals surface area contributed by atoms with Gasteiger partial charge in [0.15, 0.2) is 16.6 Å². The van der Waals surface area contributed by atoms with E-state index in [9.17, 15) is 4.79 Å². The molecule has 0 atom stereocenters. The molecule has 0 radical (unpaired) electrons. The molecule has 0 N–H and O–H groups in total. The first-order chi connectivity index (χ1) is 19.0. The molecule has 0 spiro atoms. The van der Waals surface area contributed by atoms with Gasteiger partial charge in [-0.2, -0.15) is 0 Å². The third-order valence-electron chi connectivity index (χ3n) is 6.49. The van der Waals surface area contributed by atoms with E-state index in [4.69, 9.17) is 29.9 Å². The number of hydrogen-bond acceptors (Lipinski definition) is 5. The molecular formula is C32H51ClO5Si2. The van der Waals surface area contributed by atoms with Gasteiger partial charge in [0.25, 0.3) is 0 Å². The van der Waals surface area contributed by atoms with Crippen LogP contribution in [-0.2, 0) is 4.12 Å². The zero-order valence-corrected chi connectivity index (χ0v) is 28.4. The molecule has 0 saturated carbocycles. The van der Waals surface area contributed by atoms with Gasteiger partial charge in [0.05, 0.1) is 23.8 Å². The lowest BCUT2D eigenvalue weighted by molar-refractivity contribution is 0.0734. The number of halogens is 1. The summed E-state index contributed by atoms with van der Waals surface area (Å²) >= 11 is 6.35. The van der Waals surface area contributed by atoms with E-state index in [0.29, 0.717) is 35.3 Å². The molecule has 0 aliphatic heterocycles. The quantitative estimate of drug-likeness (QED) is 0.0649. The molecule has 0 unspecified atom stereocenters. The molecule has 0 saturated heterocycles. The van der Waals surface area contributed by atoms with Crippen molar-refractivity contribution < 1.29 is 23.1 Å². The molecule has 0 aliphatic rings. The molecule has 5 nitrogen and oxygen atoms in total. The molecule has 2 rings (SSSR count). The first-order valence-corrected chi connectivity index (χ1v) is 22.0. The van der Waals surface area contributed by atoms with Crippen molar-refractivity contribution >= 4 is 34.2 Å². The highest BCUT2D eigenvalue weighted by Gasteiger charge is 2.28. The van der Waals surface area contributed by atoms with Crippen LogP contribution in [0, 0.1) is 0 Å². The highest BCUT2D eigenvalue weighted by Crippen LogP contribution is 2.30. The Kier molecular flexibility index (Phi) is 15.4. The van der Waals surface area contributed by atoms with E-state index in [-0.39, 0.29) is 0 Å². The number of carbonyl (C=O) groups is 1. The van der Waals surface area contributed by atoms with Crippen LogP contribution in [0.4, 0.5) is 0 Å². The van der Waals surface area contributed by atoms with Crippen molar-refractivity contribution in [1.29, 1.82) is 0 Å². The molecule has 2 aromatic carbocycles. The lowest BCUT2D eigenvalue weighted by Crippen LogP contribution is -2.42. The molecule has 2 aromatic rings. The summed E-state index contributed by atoms with van der Waals surface area (Å²) in [6.45, 7) is 15.0. The fourth-order valence-corrected chi connectivity index (χ4v) is 13.0. The molecule has 8 heteroatoms. The van der Waals surface area contributed by atoms with Crippen LogP contribution in [0.1, 0.15) is 81.5 Å². The van der Waals surface area contributed by atoms with E-state index < -0.39 is 22.6 Å². The summed E-state index contributed by atoms with van der Waals surface area (Å²) in [5.41, 5.74) is 0.444. The molecular weight excluding hydrogens is 556 g/mol. The van der Waals surface area contributed by atoms with E-state index >= 15 is 0 Å². The number of benzene rings is 2. The van der Waals surface area contributed by atoms with Crippen LogP contribution >= 0.6 is 11.6 Å². The third kappa shape index (κ3) is 14.7. The second kappa shape index (κ2) is 17.9. The topological polar surface area (TPSA) is 54.0 Å². The van der Waals surface area contributed by atoms with Gasteiger partial charge in [-0.15, -0.1) is 0 Å². The average Bonchev–Trinajstić information content (AvgIpc) is 2.88. The van der Waals surface area contributed by atoms with Gasteiger partial charge in [0, 0.05) is 6.07 Å². The van der Waals surface area contributed by atoms with E-state index in [1.54, 1.807) is 42.5 Å². The zero-order chi connectivity index (χ0) is 29.4. The Morgan fingerprint density at radius 1 is 0.725 bits per heavy atom. The monoisotopic (exact) mass is 606 g/mol. The van der Waals surface area contributed by atoms with Gasteiger partial charge in [0.2, 0.25) is 0 Å². The predicted molar refractivity (Wildman–Crippen MR) is 172 cm³/mol.